The number of benzene rings is 1. The van der Waals surface area contributed by atoms with Crippen LogP contribution in [0.3, 0.4) is 0 Å². The molecule has 144 valence electrons. The van der Waals surface area contributed by atoms with Crippen LogP contribution >= 0.6 is 0 Å². The Morgan fingerprint density at radius 3 is 2.50 bits per heavy atom. The molecule has 1 fully saturated rings. The molecule has 8 heteroatoms. The van der Waals surface area contributed by atoms with E-state index in [1.807, 2.05) is 0 Å². The molecule has 0 radical (unpaired) electrons. The molecule has 1 aliphatic rings. The third-order valence-electron chi connectivity index (χ3n) is 5.57. The Kier molecular flexibility index (Phi) is 3.99. The first-order valence-corrected chi connectivity index (χ1v) is 10.8. The van der Waals surface area contributed by atoms with E-state index in [9.17, 15) is 13.5 Å². The fourth-order valence-electron chi connectivity index (χ4n) is 4.10. The second-order valence-electron chi connectivity index (χ2n) is 7.27. The summed E-state index contributed by atoms with van der Waals surface area (Å²) in [5.41, 5.74) is 2.04. The number of fused-ring (bicyclic) bond motifs is 3. The molecule has 3 aromatic heterocycles. The summed E-state index contributed by atoms with van der Waals surface area (Å²) in [4.78, 5) is 9.10. The van der Waals surface area contributed by atoms with Gasteiger partial charge in [-0.1, -0.05) is 18.2 Å². The molecule has 5 rings (SSSR count). The normalized spacial score (nSPS) is 20.8. The van der Waals surface area contributed by atoms with E-state index in [2.05, 4.69) is 14.5 Å². The van der Waals surface area contributed by atoms with Crippen molar-refractivity contribution in [3.8, 4) is 0 Å². The maximum absolute atomic E-state index is 13.1. The Balaban J connectivity index is 1.67. The lowest BCUT2D eigenvalue weighted by atomic mass is 9.93. The topological polar surface area (TPSA) is 90.0 Å². The highest BCUT2D eigenvalue weighted by Crippen LogP contribution is 2.34. The summed E-state index contributed by atoms with van der Waals surface area (Å²) in [6.07, 6.45) is 8.04. The van der Waals surface area contributed by atoms with Crippen molar-refractivity contribution in [2.24, 2.45) is 0 Å². The van der Waals surface area contributed by atoms with Gasteiger partial charge in [-0.3, -0.25) is 0 Å². The summed E-state index contributed by atoms with van der Waals surface area (Å²) in [6, 6.07) is 10.4. The molecule has 0 spiro atoms. The van der Waals surface area contributed by atoms with E-state index in [4.69, 9.17) is 0 Å². The molecule has 1 aromatic carbocycles. The quantitative estimate of drug-likeness (QED) is 0.575. The summed E-state index contributed by atoms with van der Waals surface area (Å²) in [5, 5.41) is 10.6. The van der Waals surface area contributed by atoms with Crippen molar-refractivity contribution in [2.75, 3.05) is 0 Å². The van der Waals surface area contributed by atoms with E-state index in [1.54, 1.807) is 55.1 Å². The molecule has 0 saturated heterocycles. The molecule has 1 saturated carbocycles. The maximum atomic E-state index is 13.1. The number of pyridine rings is 1. The van der Waals surface area contributed by atoms with Crippen molar-refractivity contribution < 1.29 is 13.5 Å². The zero-order chi connectivity index (χ0) is 19.3. The van der Waals surface area contributed by atoms with Crippen LogP contribution in [0.4, 0.5) is 0 Å². The van der Waals surface area contributed by atoms with Crippen molar-refractivity contribution >= 4 is 32.1 Å². The second kappa shape index (κ2) is 6.42. The van der Waals surface area contributed by atoms with Crippen molar-refractivity contribution in [2.45, 2.75) is 42.7 Å². The van der Waals surface area contributed by atoms with Gasteiger partial charge < -0.3 is 9.67 Å². The lowest BCUT2D eigenvalue weighted by Gasteiger charge is -2.27. The van der Waals surface area contributed by atoms with E-state index in [1.165, 1.54) is 3.97 Å². The Labute approximate surface area is 162 Å². The second-order valence-corrected chi connectivity index (χ2v) is 9.09. The smallest absolute Gasteiger partial charge is 0.269 e. The molecule has 1 N–H and O–H groups in total. The predicted molar refractivity (Wildman–Crippen MR) is 106 cm³/mol. The molecule has 7 nitrogen and oxygen atoms in total. The highest BCUT2D eigenvalue weighted by Gasteiger charge is 2.25. The Morgan fingerprint density at radius 2 is 1.75 bits per heavy atom. The molecule has 1 aliphatic carbocycles. The summed E-state index contributed by atoms with van der Waals surface area (Å²) < 4.78 is 29.5. The van der Waals surface area contributed by atoms with E-state index >= 15 is 0 Å². The number of aliphatic hydroxyl groups excluding tert-OH is 1. The fourth-order valence-corrected chi connectivity index (χ4v) is 5.42. The van der Waals surface area contributed by atoms with Crippen molar-refractivity contribution in [1.29, 1.82) is 0 Å². The molecule has 0 aliphatic heterocycles. The van der Waals surface area contributed by atoms with Gasteiger partial charge in [-0.2, -0.15) is 0 Å². The molecule has 0 amide bonds. The number of hydrogen-bond donors (Lipinski definition) is 1. The summed E-state index contributed by atoms with van der Waals surface area (Å²) in [6.45, 7) is 0. The van der Waals surface area contributed by atoms with Crippen LogP contribution in [0.15, 0.2) is 60.0 Å². The standard InChI is InChI=1S/C20H20N4O3S/c25-15-8-6-14(7-9-15)23-13-22-18-12-21-20-17(19(18)23)10-11-24(20)28(26,27)16-4-2-1-3-5-16/h1-5,10-15,25H,6-9H2. The predicted octanol–water partition coefficient (Wildman–Crippen LogP) is 3.10. The maximum Gasteiger partial charge on any atom is 0.269 e. The number of aliphatic hydroxyl groups is 1. The number of hydrogen-bond acceptors (Lipinski definition) is 5. The Bertz CT molecular complexity index is 1250. The van der Waals surface area contributed by atoms with Gasteiger partial charge in [-0.15, -0.1) is 0 Å². The van der Waals surface area contributed by atoms with Crippen LogP contribution < -0.4 is 0 Å². The van der Waals surface area contributed by atoms with Crippen LogP contribution in [-0.2, 0) is 10.0 Å². The average Bonchev–Trinajstić information content (AvgIpc) is 3.33. The van der Waals surface area contributed by atoms with Crippen LogP contribution in [0.2, 0.25) is 0 Å². The lowest BCUT2D eigenvalue weighted by molar-refractivity contribution is 0.111. The highest BCUT2D eigenvalue weighted by atomic mass is 32.2. The first kappa shape index (κ1) is 17.4. The minimum absolute atomic E-state index is 0.226. The highest BCUT2D eigenvalue weighted by molar-refractivity contribution is 7.90. The molecule has 4 aromatic rings. The van der Waals surface area contributed by atoms with Crippen LogP contribution in [-0.4, -0.2) is 38.1 Å². The van der Waals surface area contributed by atoms with E-state index in [0.717, 1.165) is 42.1 Å². The summed E-state index contributed by atoms with van der Waals surface area (Å²) >= 11 is 0. The Morgan fingerprint density at radius 1 is 1.00 bits per heavy atom. The molecular weight excluding hydrogens is 376 g/mol. The SMILES string of the molecule is O=S(=O)(c1ccccc1)n1ccc2c3c(cnc21)ncn3C1CCC(O)CC1. The molecule has 28 heavy (non-hydrogen) atoms. The fraction of sp³-hybridized carbons (Fsp3) is 0.300. The average molecular weight is 396 g/mol. The zero-order valence-corrected chi connectivity index (χ0v) is 16.0. The molecule has 3 heterocycles. The van der Waals surface area contributed by atoms with Gasteiger partial charge in [-0.25, -0.2) is 22.4 Å². The Hall–Kier alpha value is -2.71. The third-order valence-corrected chi connectivity index (χ3v) is 7.25. The van der Waals surface area contributed by atoms with Gasteiger partial charge >= 0.3 is 0 Å². The molecule has 0 unspecified atom stereocenters. The molecule has 0 atom stereocenters. The largest absolute Gasteiger partial charge is 0.393 e. The molecule has 0 bridgehead atoms. The molecular formula is C20H20N4O3S. The van der Waals surface area contributed by atoms with Crippen LogP contribution in [0.5, 0.6) is 0 Å². The van der Waals surface area contributed by atoms with Gasteiger partial charge in [0.25, 0.3) is 10.0 Å². The summed E-state index contributed by atoms with van der Waals surface area (Å²) in [7, 11) is -3.73. The number of imidazole rings is 1. The van der Waals surface area contributed by atoms with E-state index < -0.39 is 10.0 Å². The van der Waals surface area contributed by atoms with Crippen LogP contribution in [0, 0.1) is 0 Å². The van der Waals surface area contributed by atoms with Crippen LogP contribution in [0.1, 0.15) is 31.7 Å². The lowest BCUT2D eigenvalue weighted by Crippen LogP contribution is -2.20. The van der Waals surface area contributed by atoms with E-state index in [0.29, 0.717) is 5.65 Å². The minimum atomic E-state index is -3.73. The number of rotatable bonds is 3. The van der Waals surface area contributed by atoms with Crippen LogP contribution in [0.25, 0.3) is 22.1 Å². The zero-order valence-electron chi connectivity index (χ0n) is 15.1. The van der Waals surface area contributed by atoms with Crippen molar-refractivity contribution in [1.82, 2.24) is 18.5 Å². The van der Waals surface area contributed by atoms with Crippen molar-refractivity contribution in [3.05, 3.63) is 55.1 Å². The van der Waals surface area contributed by atoms with Gasteiger partial charge in [0, 0.05) is 17.6 Å². The van der Waals surface area contributed by atoms with E-state index in [-0.39, 0.29) is 17.0 Å². The monoisotopic (exact) mass is 396 g/mol. The third kappa shape index (κ3) is 2.63. The number of nitrogens with zero attached hydrogens (tertiary/aromatic N) is 4. The first-order chi connectivity index (χ1) is 13.6. The number of aromatic nitrogens is 4. The van der Waals surface area contributed by atoms with Gasteiger partial charge in [-0.05, 0) is 43.9 Å². The van der Waals surface area contributed by atoms with Gasteiger partial charge in [0.2, 0.25) is 0 Å². The van der Waals surface area contributed by atoms with Gasteiger partial charge in [0.05, 0.1) is 29.0 Å². The van der Waals surface area contributed by atoms with Crippen molar-refractivity contribution in [3.63, 3.8) is 0 Å². The summed E-state index contributed by atoms with van der Waals surface area (Å²) in [5.74, 6) is 0. The van der Waals surface area contributed by atoms with Gasteiger partial charge in [0.15, 0.2) is 5.65 Å². The van der Waals surface area contributed by atoms with Gasteiger partial charge in [0.1, 0.15) is 5.52 Å². The minimum Gasteiger partial charge on any atom is -0.393 e. The first-order valence-electron chi connectivity index (χ1n) is 9.37.